The second-order valence-electron chi connectivity index (χ2n) is 4.20. The first-order valence-corrected chi connectivity index (χ1v) is 5.64. The van der Waals surface area contributed by atoms with Crippen LogP contribution in [0.4, 0.5) is 10.1 Å². The Morgan fingerprint density at radius 1 is 1.59 bits per heavy atom. The van der Waals surface area contributed by atoms with E-state index in [0.29, 0.717) is 12.2 Å². The highest BCUT2D eigenvalue weighted by Crippen LogP contribution is 2.11. The number of amides is 1. The lowest BCUT2D eigenvalue weighted by atomic mass is 10.2. The van der Waals surface area contributed by atoms with Gasteiger partial charge in [0.1, 0.15) is 11.9 Å². The maximum Gasteiger partial charge on any atom is 0.243 e. The first-order valence-electron chi connectivity index (χ1n) is 5.64. The highest BCUT2D eigenvalue weighted by molar-refractivity contribution is 5.95. The van der Waals surface area contributed by atoms with Gasteiger partial charge in [-0.25, -0.2) is 4.39 Å². The van der Waals surface area contributed by atoms with Crippen molar-refractivity contribution in [1.82, 2.24) is 10.2 Å². The third-order valence-corrected chi connectivity index (χ3v) is 2.91. The highest BCUT2D eigenvalue weighted by atomic mass is 19.1. The fourth-order valence-electron chi connectivity index (χ4n) is 1.89. The summed E-state index contributed by atoms with van der Waals surface area (Å²) in [7, 11) is 1.91. The number of halogens is 1. The number of carbonyl (C=O) groups excluding carboxylic acids is 1. The fraction of sp³-hybridized carbons (Fsp3) is 0.417. The molecular weight excluding hydrogens is 221 g/mol. The Morgan fingerprint density at radius 3 is 3.12 bits per heavy atom. The summed E-state index contributed by atoms with van der Waals surface area (Å²) >= 11 is 0. The Hall–Kier alpha value is -1.46. The number of carbonyl (C=O) groups is 1. The van der Waals surface area contributed by atoms with Crippen LogP contribution in [-0.4, -0.2) is 43.5 Å². The van der Waals surface area contributed by atoms with Gasteiger partial charge in [0.05, 0.1) is 0 Å². The predicted molar refractivity (Wildman–Crippen MR) is 64.3 cm³/mol. The number of nitrogens with zero attached hydrogens (tertiary/aromatic N) is 1. The average Bonchev–Trinajstić information content (AvgIpc) is 2.29. The van der Waals surface area contributed by atoms with Crippen LogP contribution in [0.25, 0.3) is 0 Å². The van der Waals surface area contributed by atoms with E-state index in [1.807, 2.05) is 11.9 Å². The van der Waals surface area contributed by atoms with Crippen LogP contribution < -0.4 is 10.6 Å². The van der Waals surface area contributed by atoms with E-state index >= 15 is 0 Å². The van der Waals surface area contributed by atoms with Crippen molar-refractivity contribution in [2.45, 2.75) is 6.04 Å². The Balaban J connectivity index is 2.01. The Labute approximate surface area is 99.8 Å². The number of benzene rings is 1. The number of rotatable bonds is 2. The van der Waals surface area contributed by atoms with E-state index in [0.717, 1.165) is 13.1 Å². The smallest absolute Gasteiger partial charge is 0.243 e. The molecule has 2 rings (SSSR count). The number of hydrogen-bond donors (Lipinski definition) is 2. The van der Waals surface area contributed by atoms with Gasteiger partial charge in [-0.05, 0) is 25.2 Å². The van der Waals surface area contributed by atoms with Crippen molar-refractivity contribution in [2.24, 2.45) is 0 Å². The first kappa shape index (κ1) is 12.0. The van der Waals surface area contributed by atoms with Crippen molar-refractivity contribution in [3.05, 3.63) is 30.1 Å². The molecule has 2 N–H and O–H groups in total. The predicted octanol–water partition coefficient (Wildman–Crippen LogP) is 0.668. The van der Waals surface area contributed by atoms with Gasteiger partial charge in [0.15, 0.2) is 0 Å². The lowest BCUT2D eigenvalue weighted by molar-refractivity contribution is -0.121. The minimum Gasteiger partial charge on any atom is -0.325 e. The average molecular weight is 237 g/mol. The Morgan fingerprint density at radius 2 is 2.41 bits per heavy atom. The molecule has 1 unspecified atom stereocenters. The van der Waals surface area contributed by atoms with E-state index < -0.39 is 0 Å². The summed E-state index contributed by atoms with van der Waals surface area (Å²) < 4.78 is 13.0. The minimum absolute atomic E-state index is 0.106. The highest BCUT2D eigenvalue weighted by Gasteiger charge is 2.25. The molecule has 1 aliphatic heterocycles. The van der Waals surface area contributed by atoms with Crippen molar-refractivity contribution in [2.75, 3.05) is 32.0 Å². The molecule has 0 aromatic heterocycles. The number of likely N-dealkylation sites (N-methyl/N-ethyl adjacent to an activating group) is 1. The lowest BCUT2D eigenvalue weighted by Crippen LogP contribution is -2.54. The van der Waals surface area contributed by atoms with Gasteiger partial charge in [0, 0.05) is 25.3 Å². The monoisotopic (exact) mass is 237 g/mol. The maximum absolute atomic E-state index is 13.0. The summed E-state index contributed by atoms with van der Waals surface area (Å²) in [5, 5.41) is 5.89. The summed E-state index contributed by atoms with van der Waals surface area (Å²) in [5.41, 5.74) is 0.494. The topological polar surface area (TPSA) is 44.4 Å². The minimum atomic E-state index is -0.349. The van der Waals surface area contributed by atoms with Crippen LogP contribution in [0.2, 0.25) is 0 Å². The van der Waals surface area contributed by atoms with Crippen LogP contribution in [0.5, 0.6) is 0 Å². The van der Waals surface area contributed by atoms with Crippen LogP contribution in [0, 0.1) is 5.82 Å². The molecule has 1 heterocycles. The van der Waals surface area contributed by atoms with Gasteiger partial charge in [0.2, 0.25) is 5.91 Å². The van der Waals surface area contributed by atoms with Crippen molar-refractivity contribution in [1.29, 1.82) is 0 Å². The third kappa shape index (κ3) is 3.01. The van der Waals surface area contributed by atoms with E-state index in [9.17, 15) is 9.18 Å². The number of anilines is 1. The summed E-state index contributed by atoms with van der Waals surface area (Å²) in [4.78, 5) is 14.0. The second kappa shape index (κ2) is 5.25. The molecule has 1 amide bonds. The zero-order valence-electron chi connectivity index (χ0n) is 9.74. The molecule has 1 saturated heterocycles. The molecule has 1 atom stereocenters. The van der Waals surface area contributed by atoms with Gasteiger partial charge in [0.25, 0.3) is 0 Å². The number of piperazine rings is 1. The molecule has 1 aromatic carbocycles. The van der Waals surface area contributed by atoms with Crippen LogP contribution in [0.15, 0.2) is 24.3 Å². The zero-order valence-corrected chi connectivity index (χ0v) is 9.74. The Bertz CT molecular complexity index is 410. The van der Waals surface area contributed by atoms with Gasteiger partial charge in [-0.1, -0.05) is 6.07 Å². The van der Waals surface area contributed by atoms with Crippen molar-refractivity contribution in [3.8, 4) is 0 Å². The molecule has 0 radical (unpaired) electrons. The lowest BCUT2D eigenvalue weighted by Gasteiger charge is -2.31. The molecule has 1 aliphatic rings. The molecular formula is C12H16FN3O. The third-order valence-electron chi connectivity index (χ3n) is 2.91. The van der Waals surface area contributed by atoms with E-state index in [2.05, 4.69) is 10.6 Å². The molecule has 5 heteroatoms. The molecule has 17 heavy (non-hydrogen) atoms. The standard InChI is InChI=1S/C12H16FN3O/c1-16-6-5-14-8-11(16)12(17)15-10-4-2-3-9(13)7-10/h2-4,7,11,14H,5-6,8H2,1H3,(H,15,17). The second-order valence-corrected chi connectivity index (χ2v) is 4.20. The van der Waals surface area contributed by atoms with E-state index in [1.54, 1.807) is 12.1 Å². The van der Waals surface area contributed by atoms with Crippen molar-refractivity contribution >= 4 is 11.6 Å². The molecule has 0 saturated carbocycles. The molecule has 0 aliphatic carbocycles. The largest absolute Gasteiger partial charge is 0.325 e. The number of nitrogens with one attached hydrogen (secondary N) is 2. The Kier molecular flexibility index (Phi) is 3.71. The van der Waals surface area contributed by atoms with Gasteiger partial charge in [-0.2, -0.15) is 0 Å². The fourth-order valence-corrected chi connectivity index (χ4v) is 1.89. The molecule has 0 spiro atoms. The molecule has 0 bridgehead atoms. The normalized spacial score (nSPS) is 21.2. The van der Waals surface area contributed by atoms with E-state index in [1.165, 1.54) is 12.1 Å². The molecule has 1 fully saturated rings. The SMILES string of the molecule is CN1CCNCC1C(=O)Nc1cccc(F)c1. The van der Waals surface area contributed by atoms with Gasteiger partial charge < -0.3 is 10.6 Å². The number of hydrogen-bond acceptors (Lipinski definition) is 3. The zero-order chi connectivity index (χ0) is 12.3. The van der Waals surface area contributed by atoms with Crippen molar-refractivity contribution < 1.29 is 9.18 Å². The molecule has 1 aromatic rings. The van der Waals surface area contributed by atoms with Gasteiger partial charge in [-0.3, -0.25) is 9.69 Å². The van der Waals surface area contributed by atoms with E-state index in [4.69, 9.17) is 0 Å². The molecule has 4 nitrogen and oxygen atoms in total. The first-order chi connectivity index (χ1) is 8.16. The summed E-state index contributed by atoms with van der Waals surface area (Å²) in [5.74, 6) is -0.455. The van der Waals surface area contributed by atoms with Gasteiger partial charge in [-0.15, -0.1) is 0 Å². The van der Waals surface area contributed by atoms with Crippen LogP contribution in [-0.2, 0) is 4.79 Å². The van der Waals surface area contributed by atoms with Crippen LogP contribution >= 0.6 is 0 Å². The maximum atomic E-state index is 13.0. The van der Waals surface area contributed by atoms with Crippen molar-refractivity contribution in [3.63, 3.8) is 0 Å². The summed E-state index contributed by atoms with van der Waals surface area (Å²) in [6, 6.07) is 5.72. The quantitative estimate of drug-likeness (QED) is 0.794. The van der Waals surface area contributed by atoms with Crippen LogP contribution in [0.3, 0.4) is 0 Å². The molecule has 92 valence electrons. The summed E-state index contributed by atoms with van der Waals surface area (Å²) in [6.07, 6.45) is 0. The van der Waals surface area contributed by atoms with E-state index in [-0.39, 0.29) is 17.8 Å². The van der Waals surface area contributed by atoms with Gasteiger partial charge >= 0.3 is 0 Å². The van der Waals surface area contributed by atoms with Crippen LogP contribution in [0.1, 0.15) is 0 Å². The summed E-state index contributed by atoms with van der Waals surface area (Å²) in [6.45, 7) is 2.35.